The summed E-state index contributed by atoms with van der Waals surface area (Å²) in [7, 11) is 0. The van der Waals surface area contributed by atoms with Crippen molar-refractivity contribution in [3.63, 3.8) is 0 Å². The summed E-state index contributed by atoms with van der Waals surface area (Å²) in [5.74, 6) is -7.25. The van der Waals surface area contributed by atoms with E-state index in [1.54, 1.807) is 0 Å². The van der Waals surface area contributed by atoms with Crippen LogP contribution in [0, 0.1) is 0 Å². The summed E-state index contributed by atoms with van der Waals surface area (Å²) in [5.41, 5.74) is -2.77. The first-order chi connectivity index (χ1) is 11.3. The molecule has 0 aliphatic carbocycles. The molecule has 0 spiro atoms. The zero-order chi connectivity index (χ0) is 18.6. The lowest BCUT2D eigenvalue weighted by Gasteiger charge is -2.20. The number of rotatable bonds is 4. The Morgan fingerprint density at radius 2 is 0.708 bits per heavy atom. The SMILES string of the molecule is CC.O=C([O-])c1ccc(C(=O)[O-])c2c(C(=O)[O-])ccc(C(=O)[O-])c12. The van der Waals surface area contributed by atoms with Crippen molar-refractivity contribution in [2.24, 2.45) is 0 Å². The van der Waals surface area contributed by atoms with Gasteiger partial charge in [-0.3, -0.25) is 0 Å². The fourth-order valence-corrected chi connectivity index (χ4v) is 2.18. The molecule has 0 heterocycles. The van der Waals surface area contributed by atoms with Gasteiger partial charge in [0.2, 0.25) is 0 Å². The molecule has 0 unspecified atom stereocenters. The Kier molecular flexibility index (Phi) is 5.61. The highest BCUT2D eigenvalue weighted by molar-refractivity contribution is 6.20. The minimum absolute atomic E-state index is 0.636. The first-order valence-corrected chi connectivity index (χ1v) is 6.70. The van der Waals surface area contributed by atoms with Crippen molar-refractivity contribution in [3.05, 3.63) is 46.5 Å². The molecule has 2 aromatic carbocycles. The molecule has 8 heteroatoms. The number of carboxylic acid groups (broad SMARTS) is 4. The molecule has 0 bridgehead atoms. The van der Waals surface area contributed by atoms with E-state index >= 15 is 0 Å². The molecule has 8 nitrogen and oxygen atoms in total. The second-order valence-electron chi connectivity index (χ2n) is 4.22. The van der Waals surface area contributed by atoms with Gasteiger partial charge in [-0.05, 0) is 0 Å². The monoisotopic (exact) mass is 330 g/mol. The fraction of sp³-hybridized carbons (Fsp3) is 0.125. The first kappa shape index (κ1) is 18.6. The lowest BCUT2D eigenvalue weighted by molar-refractivity contribution is -0.257. The van der Waals surface area contributed by atoms with Gasteiger partial charge in [-0.2, -0.15) is 0 Å². The number of hydrogen-bond donors (Lipinski definition) is 0. The van der Waals surface area contributed by atoms with Crippen LogP contribution >= 0.6 is 0 Å². The standard InChI is InChI=1S/C14H8O8.C2H6/c15-11(16)5-1-2-6(12(17)18)10-8(14(21)22)4-3-7(9(5)10)13(19)20;1-2/h1-4H,(H,15,16)(H,17,18)(H,19,20)(H,21,22);1-2H3/p-4. The van der Waals surface area contributed by atoms with E-state index < -0.39 is 56.9 Å². The average Bonchev–Trinajstić information content (AvgIpc) is 2.53. The van der Waals surface area contributed by atoms with Crippen LogP contribution in [0.1, 0.15) is 55.3 Å². The smallest absolute Gasteiger partial charge is 0.0721 e. The molecule has 0 saturated heterocycles. The van der Waals surface area contributed by atoms with E-state index in [-0.39, 0.29) is 0 Å². The summed E-state index contributed by atoms with van der Waals surface area (Å²) < 4.78 is 0. The quantitative estimate of drug-likeness (QED) is 0.586. The van der Waals surface area contributed by atoms with Gasteiger partial charge in [0.1, 0.15) is 0 Å². The Balaban J connectivity index is 0.00000139. The van der Waals surface area contributed by atoms with Gasteiger partial charge in [0.25, 0.3) is 0 Å². The number of carboxylic acids is 4. The summed E-state index contributed by atoms with van der Waals surface area (Å²) in [6.45, 7) is 4.00. The molecule has 126 valence electrons. The van der Waals surface area contributed by atoms with Gasteiger partial charge in [0, 0.05) is 33.0 Å². The first-order valence-electron chi connectivity index (χ1n) is 6.70. The molecule has 0 aromatic heterocycles. The van der Waals surface area contributed by atoms with E-state index in [1.165, 1.54) is 0 Å². The van der Waals surface area contributed by atoms with E-state index in [1.807, 2.05) is 13.8 Å². The molecule has 0 N–H and O–H groups in total. The van der Waals surface area contributed by atoms with Gasteiger partial charge in [0.15, 0.2) is 0 Å². The Morgan fingerprint density at radius 3 is 0.833 bits per heavy atom. The predicted molar refractivity (Wildman–Crippen MR) is 72.6 cm³/mol. The summed E-state index contributed by atoms with van der Waals surface area (Å²) in [6.07, 6.45) is 0. The molecule has 0 atom stereocenters. The van der Waals surface area contributed by atoms with Gasteiger partial charge in [-0.15, -0.1) is 0 Å². The molecule has 0 aliphatic rings. The molecule has 0 saturated carbocycles. The van der Waals surface area contributed by atoms with E-state index in [2.05, 4.69) is 0 Å². The number of benzene rings is 2. The Hall–Kier alpha value is -3.42. The summed E-state index contributed by atoms with van der Waals surface area (Å²) in [5, 5.41) is 43.1. The third-order valence-corrected chi connectivity index (χ3v) is 3.04. The second-order valence-corrected chi connectivity index (χ2v) is 4.22. The lowest BCUT2D eigenvalue weighted by Crippen LogP contribution is -2.30. The minimum Gasteiger partial charge on any atom is -0.545 e. The minimum atomic E-state index is -1.81. The number of aromatic carboxylic acids is 4. The number of carbonyl (C=O) groups excluding carboxylic acids is 4. The van der Waals surface area contributed by atoms with Gasteiger partial charge in [-0.25, -0.2) is 0 Å². The topological polar surface area (TPSA) is 161 Å². The van der Waals surface area contributed by atoms with Crippen LogP contribution in [0.5, 0.6) is 0 Å². The zero-order valence-corrected chi connectivity index (χ0v) is 12.6. The maximum atomic E-state index is 11.1. The normalized spacial score (nSPS) is 9.75. The molecule has 0 amide bonds. The van der Waals surface area contributed by atoms with E-state index in [4.69, 9.17) is 0 Å². The molecular weight excluding hydrogens is 320 g/mol. The van der Waals surface area contributed by atoms with Crippen LogP contribution in [-0.2, 0) is 0 Å². The number of hydrogen-bond acceptors (Lipinski definition) is 8. The van der Waals surface area contributed by atoms with Crippen molar-refractivity contribution >= 4 is 34.6 Å². The van der Waals surface area contributed by atoms with Crippen LogP contribution in [0.4, 0.5) is 0 Å². The summed E-state index contributed by atoms with van der Waals surface area (Å²) in [4.78, 5) is 44.4. The highest BCUT2D eigenvalue weighted by atomic mass is 16.4. The Bertz CT molecular complexity index is 714. The van der Waals surface area contributed by atoms with Crippen molar-refractivity contribution in [2.45, 2.75) is 13.8 Å². The van der Waals surface area contributed by atoms with E-state index in [0.717, 1.165) is 24.3 Å². The van der Waals surface area contributed by atoms with Crippen molar-refractivity contribution in [2.75, 3.05) is 0 Å². The second kappa shape index (κ2) is 7.23. The van der Waals surface area contributed by atoms with Gasteiger partial charge >= 0.3 is 0 Å². The number of fused-ring (bicyclic) bond motifs is 1. The Labute approximate surface area is 135 Å². The van der Waals surface area contributed by atoms with Crippen molar-refractivity contribution in [1.29, 1.82) is 0 Å². The molecule has 2 rings (SSSR count). The van der Waals surface area contributed by atoms with Gasteiger partial charge < -0.3 is 39.6 Å². The Morgan fingerprint density at radius 1 is 0.542 bits per heavy atom. The van der Waals surface area contributed by atoms with Crippen LogP contribution in [0.15, 0.2) is 24.3 Å². The highest BCUT2D eigenvalue weighted by Gasteiger charge is 2.16. The van der Waals surface area contributed by atoms with Crippen LogP contribution in [-0.4, -0.2) is 23.9 Å². The number of carbonyl (C=O) groups is 4. The molecule has 0 radical (unpaired) electrons. The maximum absolute atomic E-state index is 11.1. The molecule has 0 aliphatic heterocycles. The molecule has 24 heavy (non-hydrogen) atoms. The summed E-state index contributed by atoms with van der Waals surface area (Å²) >= 11 is 0. The highest BCUT2D eigenvalue weighted by Crippen LogP contribution is 2.29. The molecule has 0 fully saturated rings. The summed E-state index contributed by atoms with van der Waals surface area (Å²) in [6, 6.07) is 3.14. The molecular formula is C16H10O8-4. The van der Waals surface area contributed by atoms with Crippen LogP contribution in [0.2, 0.25) is 0 Å². The third-order valence-electron chi connectivity index (χ3n) is 3.04. The van der Waals surface area contributed by atoms with Crippen molar-refractivity contribution in [3.8, 4) is 0 Å². The van der Waals surface area contributed by atoms with Gasteiger partial charge in [-0.1, -0.05) is 38.1 Å². The van der Waals surface area contributed by atoms with E-state index in [0.29, 0.717) is 0 Å². The van der Waals surface area contributed by atoms with E-state index in [9.17, 15) is 39.6 Å². The van der Waals surface area contributed by atoms with Gasteiger partial charge in [0.05, 0.1) is 23.9 Å². The van der Waals surface area contributed by atoms with Crippen molar-refractivity contribution in [1.82, 2.24) is 0 Å². The van der Waals surface area contributed by atoms with Crippen molar-refractivity contribution < 1.29 is 39.6 Å². The third kappa shape index (κ3) is 3.17. The largest absolute Gasteiger partial charge is 0.545 e. The zero-order valence-electron chi connectivity index (χ0n) is 12.6. The van der Waals surface area contributed by atoms with Crippen LogP contribution in [0.25, 0.3) is 10.8 Å². The van der Waals surface area contributed by atoms with Crippen LogP contribution in [0.3, 0.4) is 0 Å². The fourth-order valence-electron chi connectivity index (χ4n) is 2.18. The average molecular weight is 330 g/mol. The maximum Gasteiger partial charge on any atom is 0.0721 e. The predicted octanol–water partition coefficient (Wildman–Crippen LogP) is -2.68. The lowest BCUT2D eigenvalue weighted by atomic mass is 9.91. The molecule has 2 aromatic rings. The van der Waals surface area contributed by atoms with Crippen LogP contribution < -0.4 is 20.4 Å².